The lowest BCUT2D eigenvalue weighted by molar-refractivity contribution is 0.0630. The molecule has 130 valence electrons. The van der Waals surface area contributed by atoms with Crippen LogP contribution in [0.1, 0.15) is 53.8 Å². The fourth-order valence-electron chi connectivity index (χ4n) is 2.58. The molecule has 25 heavy (non-hydrogen) atoms. The molecule has 0 saturated heterocycles. The maximum atomic E-state index is 12.9. The lowest BCUT2D eigenvalue weighted by Gasteiger charge is -2.21. The van der Waals surface area contributed by atoms with Crippen molar-refractivity contribution in [3.63, 3.8) is 0 Å². The molecule has 0 spiro atoms. The molecule has 0 N–H and O–H groups in total. The summed E-state index contributed by atoms with van der Waals surface area (Å²) >= 11 is 0. The van der Waals surface area contributed by atoms with Gasteiger partial charge in [0.2, 0.25) is 0 Å². The smallest absolute Gasteiger partial charge is 0.261 e. The molecule has 2 amide bonds. The monoisotopic (exact) mass is 335 g/mol. The highest BCUT2D eigenvalue weighted by Crippen LogP contribution is 2.13. The number of carbonyl (C=O) groups is 2. The highest BCUT2D eigenvalue weighted by molar-refractivity contribution is 6.10. The fraction of sp³-hybridized carbons (Fsp3) is 0.273. The van der Waals surface area contributed by atoms with Crippen LogP contribution in [-0.4, -0.2) is 23.3 Å². The third kappa shape index (κ3) is 5.42. The van der Waals surface area contributed by atoms with Crippen molar-refractivity contribution in [3.8, 4) is 0 Å². The second-order valence-electron chi connectivity index (χ2n) is 6.12. The van der Waals surface area contributed by atoms with Crippen molar-refractivity contribution in [2.45, 2.75) is 33.1 Å². The number of carbonyl (C=O) groups excluding carboxylic acids is 2. The maximum absolute atomic E-state index is 12.9. The summed E-state index contributed by atoms with van der Waals surface area (Å²) in [6, 6.07) is 17.9. The van der Waals surface area contributed by atoms with E-state index in [-0.39, 0.29) is 11.8 Å². The van der Waals surface area contributed by atoms with E-state index in [1.807, 2.05) is 43.3 Å². The summed E-state index contributed by atoms with van der Waals surface area (Å²) in [7, 11) is 0. The van der Waals surface area contributed by atoms with E-state index in [2.05, 4.69) is 13.0 Å². The van der Waals surface area contributed by atoms with Gasteiger partial charge in [-0.15, -0.1) is 0 Å². The zero-order valence-electron chi connectivity index (χ0n) is 14.9. The van der Waals surface area contributed by atoms with E-state index >= 15 is 0 Å². The topological polar surface area (TPSA) is 37.4 Å². The van der Waals surface area contributed by atoms with Gasteiger partial charge in [0, 0.05) is 17.7 Å². The molecule has 0 saturated carbocycles. The lowest BCUT2D eigenvalue weighted by Crippen LogP contribution is -2.38. The predicted octanol–water partition coefficient (Wildman–Crippen LogP) is 5.11. The standard InChI is InChI=1S/C22H25NO2/c1-3-4-7-12-18(2)17-23(21(24)19-13-8-5-9-14-19)22(25)20-15-10-6-11-16-20/h5-6,8-16H,3-4,7,17H2,1-2H3/b18-12+. The van der Waals surface area contributed by atoms with Gasteiger partial charge in [-0.3, -0.25) is 14.5 Å². The van der Waals surface area contributed by atoms with Crippen molar-refractivity contribution in [3.05, 3.63) is 83.4 Å². The van der Waals surface area contributed by atoms with E-state index in [9.17, 15) is 9.59 Å². The molecular formula is C22H25NO2. The van der Waals surface area contributed by atoms with Gasteiger partial charge in [0.15, 0.2) is 0 Å². The van der Waals surface area contributed by atoms with Gasteiger partial charge in [0.1, 0.15) is 0 Å². The van der Waals surface area contributed by atoms with Crippen molar-refractivity contribution in [2.75, 3.05) is 6.54 Å². The summed E-state index contributed by atoms with van der Waals surface area (Å²) in [5.41, 5.74) is 2.07. The number of hydrogen-bond acceptors (Lipinski definition) is 2. The fourth-order valence-corrected chi connectivity index (χ4v) is 2.58. The number of unbranched alkanes of at least 4 members (excludes halogenated alkanes) is 2. The van der Waals surface area contributed by atoms with Crippen molar-refractivity contribution in [1.82, 2.24) is 4.90 Å². The molecule has 3 nitrogen and oxygen atoms in total. The molecule has 0 atom stereocenters. The first-order valence-electron chi connectivity index (χ1n) is 8.75. The summed E-state index contributed by atoms with van der Waals surface area (Å²) in [4.78, 5) is 27.1. The first kappa shape index (κ1) is 18.7. The van der Waals surface area contributed by atoms with Gasteiger partial charge in [-0.05, 0) is 37.6 Å². The average Bonchev–Trinajstić information content (AvgIpc) is 2.66. The molecule has 2 rings (SSSR count). The van der Waals surface area contributed by atoms with E-state index in [1.165, 1.54) is 4.90 Å². The Kier molecular flexibility index (Phi) is 7.15. The van der Waals surface area contributed by atoms with Gasteiger partial charge in [-0.2, -0.15) is 0 Å². The number of benzene rings is 2. The van der Waals surface area contributed by atoms with Crippen molar-refractivity contribution < 1.29 is 9.59 Å². The minimum atomic E-state index is -0.266. The van der Waals surface area contributed by atoms with Gasteiger partial charge in [0.25, 0.3) is 11.8 Å². The van der Waals surface area contributed by atoms with Crippen LogP contribution in [-0.2, 0) is 0 Å². The van der Waals surface area contributed by atoms with E-state index in [4.69, 9.17) is 0 Å². The van der Waals surface area contributed by atoms with Crippen LogP contribution in [0.2, 0.25) is 0 Å². The number of hydrogen-bond donors (Lipinski definition) is 0. The third-order valence-corrected chi connectivity index (χ3v) is 3.99. The van der Waals surface area contributed by atoms with Crippen LogP contribution in [0, 0.1) is 0 Å². The molecule has 0 aromatic heterocycles. The third-order valence-electron chi connectivity index (χ3n) is 3.99. The lowest BCUT2D eigenvalue weighted by atomic mass is 10.1. The van der Waals surface area contributed by atoms with Gasteiger partial charge in [0.05, 0.1) is 0 Å². The molecule has 3 heteroatoms. The van der Waals surface area contributed by atoms with E-state index in [1.54, 1.807) is 24.3 Å². The molecule has 0 bridgehead atoms. The van der Waals surface area contributed by atoms with Crippen molar-refractivity contribution in [1.29, 1.82) is 0 Å². The van der Waals surface area contributed by atoms with Crippen LogP contribution in [0.25, 0.3) is 0 Å². The summed E-state index contributed by atoms with van der Waals surface area (Å²) < 4.78 is 0. The second kappa shape index (κ2) is 9.58. The number of amides is 2. The van der Waals surface area contributed by atoms with Crippen molar-refractivity contribution >= 4 is 11.8 Å². The summed E-state index contributed by atoms with van der Waals surface area (Å²) in [6.45, 7) is 4.43. The minimum absolute atomic E-state index is 0.266. The molecule has 0 fully saturated rings. The normalized spacial score (nSPS) is 11.2. The first-order valence-corrected chi connectivity index (χ1v) is 8.75. The quantitative estimate of drug-likeness (QED) is 0.401. The van der Waals surface area contributed by atoms with Crippen LogP contribution in [0.5, 0.6) is 0 Å². The van der Waals surface area contributed by atoms with Gasteiger partial charge in [-0.25, -0.2) is 0 Å². The zero-order chi connectivity index (χ0) is 18.1. The molecule has 0 aliphatic carbocycles. The number of allylic oxidation sites excluding steroid dienone is 1. The zero-order valence-corrected chi connectivity index (χ0v) is 14.9. The van der Waals surface area contributed by atoms with Crippen LogP contribution in [0.15, 0.2) is 72.3 Å². The molecule has 0 unspecified atom stereocenters. The molecule has 0 radical (unpaired) electrons. The highest BCUT2D eigenvalue weighted by Gasteiger charge is 2.24. The molecule has 0 aliphatic heterocycles. The number of rotatable bonds is 7. The molecule has 2 aromatic carbocycles. The largest absolute Gasteiger partial charge is 0.270 e. The van der Waals surface area contributed by atoms with Gasteiger partial charge in [-0.1, -0.05) is 67.8 Å². The number of imide groups is 1. The Hall–Kier alpha value is -2.68. The van der Waals surface area contributed by atoms with E-state index < -0.39 is 0 Å². The SMILES string of the molecule is CCCC/C=C(\C)CN(C(=O)c1ccccc1)C(=O)c1ccccc1. The Bertz CT molecular complexity index is 669. The van der Waals surface area contributed by atoms with Crippen LogP contribution in [0.4, 0.5) is 0 Å². The number of nitrogens with zero attached hydrogens (tertiary/aromatic N) is 1. The Labute approximate surface area is 150 Å². The second-order valence-corrected chi connectivity index (χ2v) is 6.12. The average molecular weight is 335 g/mol. The predicted molar refractivity (Wildman–Crippen MR) is 102 cm³/mol. The van der Waals surface area contributed by atoms with Crippen molar-refractivity contribution in [2.24, 2.45) is 0 Å². The van der Waals surface area contributed by atoms with E-state index in [0.29, 0.717) is 17.7 Å². The van der Waals surface area contributed by atoms with Crippen LogP contribution in [0.3, 0.4) is 0 Å². The Balaban J connectivity index is 2.26. The molecule has 2 aromatic rings. The van der Waals surface area contributed by atoms with Crippen LogP contribution >= 0.6 is 0 Å². The Morgan fingerprint density at radius 1 is 0.880 bits per heavy atom. The van der Waals surface area contributed by atoms with Gasteiger partial charge >= 0.3 is 0 Å². The molecule has 0 heterocycles. The maximum Gasteiger partial charge on any atom is 0.261 e. The summed E-state index contributed by atoms with van der Waals surface area (Å²) in [6.07, 6.45) is 5.32. The first-order chi connectivity index (χ1) is 12.1. The van der Waals surface area contributed by atoms with E-state index in [0.717, 1.165) is 24.8 Å². The summed E-state index contributed by atoms with van der Waals surface area (Å²) in [5.74, 6) is -0.532. The Morgan fingerprint density at radius 3 is 1.80 bits per heavy atom. The summed E-state index contributed by atoms with van der Waals surface area (Å²) in [5, 5.41) is 0. The van der Waals surface area contributed by atoms with Gasteiger partial charge < -0.3 is 0 Å². The highest BCUT2D eigenvalue weighted by atomic mass is 16.2. The van der Waals surface area contributed by atoms with Crippen LogP contribution < -0.4 is 0 Å². The Morgan fingerprint density at radius 2 is 1.36 bits per heavy atom. The molecule has 0 aliphatic rings. The minimum Gasteiger partial charge on any atom is -0.270 e. The molecular weight excluding hydrogens is 310 g/mol.